The Labute approximate surface area is 178 Å². The van der Waals surface area contributed by atoms with Crippen LogP contribution in [0.2, 0.25) is 0 Å². The number of hydrogen-bond acceptors (Lipinski definition) is 6. The summed E-state index contributed by atoms with van der Waals surface area (Å²) in [5.41, 5.74) is 9.01. The first-order valence-electron chi connectivity index (χ1n) is 9.78. The van der Waals surface area contributed by atoms with Gasteiger partial charge < -0.3 is 19.9 Å². The van der Waals surface area contributed by atoms with Crippen molar-refractivity contribution >= 4 is 0 Å². The van der Waals surface area contributed by atoms with Crippen molar-refractivity contribution in [3.8, 4) is 23.4 Å². The van der Waals surface area contributed by atoms with Gasteiger partial charge in [0, 0.05) is 16.8 Å². The van der Waals surface area contributed by atoms with Gasteiger partial charge >= 0.3 is 0 Å². The van der Waals surface area contributed by atoms with E-state index in [4.69, 9.17) is 19.9 Å². The summed E-state index contributed by atoms with van der Waals surface area (Å²) >= 11 is 0. The number of ether oxygens (including phenoxy) is 3. The molecule has 0 bridgehead atoms. The van der Waals surface area contributed by atoms with Gasteiger partial charge in [-0.05, 0) is 37.6 Å². The van der Waals surface area contributed by atoms with Crippen LogP contribution in [0.15, 0.2) is 53.9 Å². The van der Waals surface area contributed by atoms with Crippen molar-refractivity contribution in [2.75, 3.05) is 6.61 Å². The van der Waals surface area contributed by atoms with Gasteiger partial charge in [-0.1, -0.05) is 24.3 Å². The molecule has 1 atom stereocenters. The third-order valence-corrected chi connectivity index (χ3v) is 5.07. The highest BCUT2D eigenvalue weighted by Crippen LogP contribution is 2.44. The van der Waals surface area contributed by atoms with E-state index in [1.54, 1.807) is 30.3 Å². The number of aromatic amines is 1. The Morgan fingerprint density at radius 3 is 2.77 bits per heavy atom. The average Bonchev–Trinajstić information content (AvgIpc) is 3.13. The normalized spacial score (nSPS) is 15.1. The van der Waals surface area contributed by atoms with Crippen molar-refractivity contribution in [2.45, 2.75) is 26.4 Å². The van der Waals surface area contributed by atoms with Gasteiger partial charge in [0.2, 0.25) is 11.8 Å². The van der Waals surface area contributed by atoms with E-state index in [1.807, 2.05) is 19.9 Å². The largest absolute Gasteiger partial charge is 0.490 e. The maximum atomic E-state index is 13.9. The number of nitriles is 1. The van der Waals surface area contributed by atoms with Gasteiger partial charge in [0.15, 0.2) is 11.5 Å². The number of aryl methyl sites for hydroxylation is 1. The summed E-state index contributed by atoms with van der Waals surface area (Å²) in [6, 6.07) is 14.0. The fraction of sp³-hybridized carbons (Fsp3) is 0.217. The SMILES string of the molecule is CCOc1cc([C@@H]2C(C#N)=C(N)Oc3n[nH]c(C)c32)ccc1OCc1ccccc1F. The second kappa shape index (κ2) is 8.40. The van der Waals surface area contributed by atoms with E-state index in [0.717, 1.165) is 16.8 Å². The molecular weight excluding hydrogens is 399 g/mol. The number of H-pyrrole nitrogens is 1. The highest BCUT2D eigenvalue weighted by Gasteiger charge is 2.34. The highest BCUT2D eigenvalue weighted by atomic mass is 19.1. The molecule has 8 heteroatoms. The number of halogens is 1. The number of hydrogen-bond donors (Lipinski definition) is 2. The first kappa shape index (κ1) is 20.3. The van der Waals surface area contributed by atoms with Crippen LogP contribution in [-0.4, -0.2) is 16.8 Å². The summed E-state index contributed by atoms with van der Waals surface area (Å²) in [6.07, 6.45) is 0. The summed E-state index contributed by atoms with van der Waals surface area (Å²) < 4.78 is 31.1. The first-order chi connectivity index (χ1) is 15.0. The monoisotopic (exact) mass is 420 g/mol. The quantitative estimate of drug-likeness (QED) is 0.623. The third kappa shape index (κ3) is 3.78. The predicted octanol–water partition coefficient (Wildman–Crippen LogP) is 4.05. The molecule has 4 rings (SSSR count). The van der Waals surface area contributed by atoms with Crippen LogP contribution >= 0.6 is 0 Å². The summed E-state index contributed by atoms with van der Waals surface area (Å²) in [5, 5.41) is 16.7. The van der Waals surface area contributed by atoms with Gasteiger partial charge in [-0.15, -0.1) is 5.10 Å². The number of benzene rings is 2. The first-order valence-corrected chi connectivity index (χ1v) is 9.78. The Balaban J connectivity index is 1.71. The zero-order valence-electron chi connectivity index (χ0n) is 17.1. The second-order valence-electron chi connectivity index (χ2n) is 7.01. The van der Waals surface area contributed by atoms with Crippen LogP contribution in [0.5, 0.6) is 17.4 Å². The van der Waals surface area contributed by atoms with E-state index in [0.29, 0.717) is 35.1 Å². The molecule has 3 aromatic rings. The smallest absolute Gasteiger partial charge is 0.244 e. The van der Waals surface area contributed by atoms with Crippen molar-refractivity contribution in [3.05, 3.63) is 82.1 Å². The van der Waals surface area contributed by atoms with E-state index in [2.05, 4.69) is 16.3 Å². The lowest BCUT2D eigenvalue weighted by Gasteiger charge is -2.24. The molecule has 31 heavy (non-hydrogen) atoms. The van der Waals surface area contributed by atoms with Crippen molar-refractivity contribution in [3.63, 3.8) is 0 Å². The topological polar surface area (TPSA) is 106 Å². The lowest BCUT2D eigenvalue weighted by Crippen LogP contribution is -2.21. The van der Waals surface area contributed by atoms with Crippen LogP contribution < -0.4 is 19.9 Å². The summed E-state index contributed by atoms with van der Waals surface area (Å²) in [5.74, 6) is 0.525. The standard InChI is InChI=1S/C23H21FN4O3/c1-3-29-19-10-14(8-9-18(19)30-12-15-6-4-5-7-17(15)24)21-16(11-25)22(26)31-23-20(21)13(2)27-28-23/h4-10,21H,3,12,26H2,1-2H3,(H,27,28)/t21-/m1/s1. The van der Waals surface area contributed by atoms with Crippen LogP contribution in [0.4, 0.5) is 4.39 Å². The Morgan fingerprint density at radius 1 is 1.23 bits per heavy atom. The zero-order valence-corrected chi connectivity index (χ0v) is 17.1. The molecule has 1 aromatic heterocycles. The van der Waals surface area contributed by atoms with Crippen molar-refractivity contribution in [1.82, 2.24) is 10.2 Å². The molecular formula is C23H21FN4O3. The summed E-state index contributed by atoms with van der Waals surface area (Å²) in [6.45, 7) is 4.18. The zero-order chi connectivity index (χ0) is 22.0. The maximum absolute atomic E-state index is 13.9. The number of aromatic nitrogens is 2. The molecule has 2 heterocycles. The fourth-order valence-electron chi connectivity index (χ4n) is 3.59. The van der Waals surface area contributed by atoms with Gasteiger partial charge in [-0.3, -0.25) is 5.10 Å². The summed E-state index contributed by atoms with van der Waals surface area (Å²) in [4.78, 5) is 0. The average molecular weight is 420 g/mol. The molecule has 0 unspecified atom stereocenters. The van der Waals surface area contributed by atoms with E-state index in [-0.39, 0.29) is 18.3 Å². The minimum atomic E-state index is -0.465. The molecule has 0 spiro atoms. The van der Waals surface area contributed by atoms with Gasteiger partial charge in [-0.2, -0.15) is 5.26 Å². The van der Waals surface area contributed by atoms with E-state index < -0.39 is 5.92 Å². The lowest BCUT2D eigenvalue weighted by atomic mass is 9.84. The van der Waals surface area contributed by atoms with E-state index >= 15 is 0 Å². The molecule has 3 N–H and O–H groups in total. The molecule has 158 valence electrons. The maximum Gasteiger partial charge on any atom is 0.244 e. The Bertz CT molecular complexity index is 1200. The number of rotatable bonds is 6. The fourth-order valence-corrected chi connectivity index (χ4v) is 3.59. The van der Waals surface area contributed by atoms with Gasteiger partial charge in [-0.25, -0.2) is 4.39 Å². The molecule has 1 aliphatic rings. The van der Waals surface area contributed by atoms with Crippen LogP contribution in [0.25, 0.3) is 0 Å². The number of nitrogens with one attached hydrogen (secondary N) is 1. The molecule has 0 saturated carbocycles. The molecule has 0 amide bonds. The molecule has 0 saturated heterocycles. The number of nitrogens with two attached hydrogens (primary N) is 1. The van der Waals surface area contributed by atoms with Crippen LogP contribution in [-0.2, 0) is 6.61 Å². The number of allylic oxidation sites excluding steroid dienone is 1. The second-order valence-corrected chi connectivity index (χ2v) is 7.01. The Morgan fingerprint density at radius 2 is 2.03 bits per heavy atom. The third-order valence-electron chi connectivity index (χ3n) is 5.07. The minimum absolute atomic E-state index is 0.0179. The summed E-state index contributed by atoms with van der Waals surface area (Å²) in [7, 11) is 0. The van der Waals surface area contributed by atoms with Crippen LogP contribution in [0.3, 0.4) is 0 Å². The molecule has 0 aliphatic carbocycles. The van der Waals surface area contributed by atoms with E-state index in [9.17, 15) is 9.65 Å². The van der Waals surface area contributed by atoms with Crippen molar-refractivity contribution in [1.29, 1.82) is 5.26 Å². The Kier molecular flexibility index (Phi) is 5.50. The molecule has 7 nitrogen and oxygen atoms in total. The van der Waals surface area contributed by atoms with E-state index in [1.165, 1.54) is 6.07 Å². The highest BCUT2D eigenvalue weighted by molar-refractivity contribution is 5.57. The number of fused-ring (bicyclic) bond motifs is 1. The van der Waals surface area contributed by atoms with Crippen molar-refractivity contribution in [2.24, 2.45) is 5.73 Å². The van der Waals surface area contributed by atoms with Gasteiger partial charge in [0.1, 0.15) is 24.1 Å². The van der Waals surface area contributed by atoms with Crippen molar-refractivity contribution < 1.29 is 18.6 Å². The Hall–Kier alpha value is -3.99. The predicted molar refractivity (Wildman–Crippen MR) is 111 cm³/mol. The lowest BCUT2D eigenvalue weighted by molar-refractivity contribution is 0.265. The number of nitrogens with zero attached hydrogens (tertiary/aromatic N) is 2. The van der Waals surface area contributed by atoms with Crippen LogP contribution in [0.1, 0.15) is 35.2 Å². The van der Waals surface area contributed by atoms with Gasteiger partial charge in [0.25, 0.3) is 0 Å². The minimum Gasteiger partial charge on any atom is -0.490 e. The van der Waals surface area contributed by atoms with Crippen LogP contribution in [0, 0.1) is 24.1 Å². The molecule has 1 aliphatic heterocycles. The molecule has 0 radical (unpaired) electrons. The molecule has 2 aromatic carbocycles. The molecule has 0 fully saturated rings. The van der Waals surface area contributed by atoms with Gasteiger partial charge in [0.05, 0.1) is 12.5 Å².